The molecule has 2 aliphatic carbocycles. The van der Waals surface area contributed by atoms with Gasteiger partial charge in [0, 0.05) is 37.1 Å². The van der Waals surface area contributed by atoms with E-state index in [2.05, 4.69) is 20.2 Å². The highest BCUT2D eigenvalue weighted by molar-refractivity contribution is 7.92. The molecule has 2 aliphatic rings. The van der Waals surface area contributed by atoms with E-state index in [0.717, 1.165) is 36.8 Å². The molecule has 0 aliphatic heterocycles. The van der Waals surface area contributed by atoms with Crippen molar-refractivity contribution in [3.63, 3.8) is 0 Å². The van der Waals surface area contributed by atoms with Gasteiger partial charge in [-0.15, -0.1) is 0 Å². The SMILES string of the molecule is Cn1nc(NS(C)(=O)=O)c2c(Cl)ccc(-n3c([C@H](Cc4cc(F)cc(F)c4)NC(=O)Cn4nc(C(F)F)c5c4C(F)(F)[C@@H]4C[C@H]54)nc4cc(OCCC(C)(C)C(F)(F)F)ccc4c3=O)c21. The van der Waals surface area contributed by atoms with Gasteiger partial charge in [0.1, 0.15) is 41.1 Å². The molecule has 2 N–H and O–H groups in total. The number of aromatic nitrogens is 6. The first-order valence-corrected chi connectivity index (χ1v) is 21.9. The maximum absolute atomic E-state index is 15.5. The average molecular weight is 959 g/mol. The highest BCUT2D eigenvalue weighted by Gasteiger charge is 2.67. The standard InChI is InChI=1S/C41H36ClF9N8O5S/c1-39(2,41(49,50)51)9-10-64-21-5-6-22-26(15-21)53-37(59(38(22)61)28-8-7-25(42)31-33(28)57(3)55-36(31)56-65(4,62)63)27(13-18-11-19(43)14-20(44)12-18)52-29(60)17-58-34-30(32(54-58)35(45)46)23-16-24(23)40(34,47)48/h5-8,11-12,14-15,23-24,27,35H,9-10,13,16-17H2,1-4H3,(H,52,60)(H,55,56)/t23-,24+,27-/m0/s1. The topological polar surface area (TPSA) is 155 Å². The zero-order valence-electron chi connectivity index (χ0n) is 34.4. The van der Waals surface area contributed by atoms with Crippen LogP contribution >= 0.6 is 11.6 Å². The molecule has 346 valence electrons. The molecule has 24 heteroatoms. The Morgan fingerprint density at radius 2 is 1.74 bits per heavy atom. The third-order valence-electron chi connectivity index (χ3n) is 11.5. The molecule has 3 heterocycles. The molecule has 13 nitrogen and oxygen atoms in total. The van der Waals surface area contributed by atoms with Gasteiger partial charge in [0.05, 0.1) is 56.8 Å². The van der Waals surface area contributed by atoms with E-state index in [9.17, 15) is 48.7 Å². The minimum Gasteiger partial charge on any atom is -0.493 e. The van der Waals surface area contributed by atoms with Gasteiger partial charge < -0.3 is 10.1 Å². The summed E-state index contributed by atoms with van der Waals surface area (Å²) in [7, 11) is -2.58. The summed E-state index contributed by atoms with van der Waals surface area (Å²) < 4.78 is 165. The Bertz CT molecular complexity index is 3080. The van der Waals surface area contributed by atoms with E-state index >= 15 is 8.78 Å². The van der Waals surface area contributed by atoms with E-state index in [1.807, 2.05) is 0 Å². The van der Waals surface area contributed by atoms with E-state index in [4.69, 9.17) is 21.3 Å². The van der Waals surface area contributed by atoms with Crippen LogP contribution in [0.15, 0.2) is 53.3 Å². The largest absolute Gasteiger partial charge is 0.493 e. The molecule has 1 fully saturated rings. The number of carbonyl (C=O) groups excluding carboxylic acids is 1. The van der Waals surface area contributed by atoms with Crippen molar-refractivity contribution in [2.45, 2.75) is 70.1 Å². The lowest BCUT2D eigenvalue weighted by molar-refractivity contribution is -0.215. The van der Waals surface area contributed by atoms with E-state index in [1.165, 1.54) is 42.1 Å². The highest BCUT2D eigenvalue weighted by Crippen LogP contribution is 2.68. The van der Waals surface area contributed by atoms with Gasteiger partial charge in [0.15, 0.2) is 5.82 Å². The summed E-state index contributed by atoms with van der Waals surface area (Å²) in [5.74, 6) is -9.64. The lowest BCUT2D eigenvalue weighted by Gasteiger charge is -2.27. The summed E-state index contributed by atoms with van der Waals surface area (Å²) in [5.41, 5.74) is -5.44. The van der Waals surface area contributed by atoms with Gasteiger partial charge in [-0.1, -0.05) is 25.4 Å². The number of amides is 1. The summed E-state index contributed by atoms with van der Waals surface area (Å²) >= 11 is 6.59. The molecule has 0 spiro atoms. The second-order valence-corrected chi connectivity index (χ2v) is 18.8. The van der Waals surface area contributed by atoms with Crippen molar-refractivity contribution in [1.29, 1.82) is 0 Å². The Morgan fingerprint density at radius 3 is 2.38 bits per heavy atom. The number of alkyl halides is 7. The molecular weight excluding hydrogens is 923 g/mol. The Morgan fingerprint density at radius 1 is 1.05 bits per heavy atom. The number of aryl methyl sites for hydroxylation is 1. The molecule has 1 amide bonds. The molecule has 3 aromatic heterocycles. The van der Waals surface area contributed by atoms with Gasteiger partial charge in [-0.3, -0.25) is 28.2 Å². The number of nitrogens with one attached hydrogen (secondary N) is 2. The van der Waals surface area contributed by atoms with Crippen LogP contribution in [0.2, 0.25) is 5.02 Å². The Kier molecular flexibility index (Phi) is 11.2. The molecule has 0 radical (unpaired) electrons. The van der Waals surface area contributed by atoms with Crippen LogP contribution in [0, 0.1) is 23.0 Å². The molecule has 3 aromatic carbocycles. The van der Waals surface area contributed by atoms with Gasteiger partial charge in [0.25, 0.3) is 17.9 Å². The van der Waals surface area contributed by atoms with Crippen LogP contribution in [-0.2, 0) is 40.8 Å². The van der Waals surface area contributed by atoms with Crippen molar-refractivity contribution in [3.05, 3.63) is 104 Å². The number of halogens is 10. The first-order chi connectivity index (χ1) is 30.3. The average Bonchev–Trinajstić information content (AvgIpc) is 3.72. The quantitative estimate of drug-likeness (QED) is 0.103. The molecule has 0 saturated heterocycles. The number of hydrogen-bond acceptors (Lipinski definition) is 8. The maximum Gasteiger partial charge on any atom is 0.394 e. The first-order valence-electron chi connectivity index (χ1n) is 19.7. The number of fused-ring (bicyclic) bond motifs is 5. The Hall–Kier alpha value is -5.84. The van der Waals surface area contributed by atoms with Crippen molar-refractivity contribution in [3.8, 4) is 11.4 Å². The lowest BCUT2D eigenvalue weighted by Crippen LogP contribution is -2.38. The van der Waals surface area contributed by atoms with Gasteiger partial charge in [0.2, 0.25) is 15.9 Å². The van der Waals surface area contributed by atoms with Gasteiger partial charge in [-0.2, -0.15) is 32.1 Å². The highest BCUT2D eigenvalue weighted by atomic mass is 35.5. The number of hydrogen-bond donors (Lipinski definition) is 2. The minimum atomic E-state index is -4.56. The van der Waals surface area contributed by atoms with Crippen molar-refractivity contribution in [2.24, 2.45) is 18.4 Å². The number of anilines is 1. The van der Waals surface area contributed by atoms with Gasteiger partial charge in [-0.05, 0) is 60.7 Å². The van der Waals surface area contributed by atoms with E-state index in [-0.39, 0.29) is 61.6 Å². The molecule has 65 heavy (non-hydrogen) atoms. The van der Waals surface area contributed by atoms with E-state index in [1.54, 1.807) is 0 Å². The summed E-state index contributed by atoms with van der Waals surface area (Å²) in [4.78, 5) is 33.7. The molecule has 0 bridgehead atoms. The van der Waals surface area contributed by atoms with Crippen molar-refractivity contribution in [1.82, 2.24) is 34.4 Å². The number of carbonyl (C=O) groups is 1. The summed E-state index contributed by atoms with van der Waals surface area (Å²) in [5, 5.41) is 10.3. The van der Waals surface area contributed by atoms with Crippen LogP contribution < -0.4 is 20.3 Å². The molecule has 1 saturated carbocycles. The van der Waals surface area contributed by atoms with Crippen molar-refractivity contribution >= 4 is 55.2 Å². The zero-order valence-corrected chi connectivity index (χ0v) is 35.9. The molecule has 8 rings (SSSR count). The predicted molar refractivity (Wildman–Crippen MR) is 218 cm³/mol. The summed E-state index contributed by atoms with van der Waals surface area (Å²) in [6.07, 6.45) is -8.04. The molecule has 0 unspecified atom stereocenters. The number of nitrogens with zero attached hydrogens (tertiary/aromatic N) is 6. The van der Waals surface area contributed by atoms with E-state index < -0.39 is 118 Å². The zero-order chi connectivity index (χ0) is 47.3. The Labute approximate surface area is 367 Å². The monoisotopic (exact) mass is 958 g/mol. The number of rotatable bonds is 14. The maximum atomic E-state index is 15.5. The van der Waals surface area contributed by atoms with Crippen molar-refractivity contribution < 1.29 is 57.5 Å². The number of benzene rings is 3. The second kappa shape index (κ2) is 15.9. The fourth-order valence-corrected chi connectivity index (χ4v) is 8.95. The fourth-order valence-electron chi connectivity index (χ4n) is 8.22. The first kappa shape index (κ1) is 45.7. The van der Waals surface area contributed by atoms with Gasteiger partial charge >= 0.3 is 6.18 Å². The van der Waals surface area contributed by atoms with Crippen LogP contribution in [0.5, 0.6) is 5.75 Å². The number of sulfonamides is 1. The fraction of sp³-hybridized carbons (Fsp3) is 0.390. The second-order valence-electron chi connectivity index (χ2n) is 16.7. The van der Waals surface area contributed by atoms with Crippen LogP contribution in [0.3, 0.4) is 0 Å². The smallest absolute Gasteiger partial charge is 0.394 e. The van der Waals surface area contributed by atoms with Crippen LogP contribution in [0.1, 0.15) is 73.4 Å². The molecule has 3 atom stereocenters. The van der Waals surface area contributed by atoms with Crippen molar-refractivity contribution in [2.75, 3.05) is 17.6 Å². The number of ether oxygens (including phenoxy) is 1. The van der Waals surface area contributed by atoms with E-state index in [0.29, 0.717) is 10.7 Å². The Balaban J connectivity index is 1.30. The third-order valence-corrected chi connectivity index (χ3v) is 12.4. The summed E-state index contributed by atoms with van der Waals surface area (Å²) in [6, 6.07) is 7.18. The summed E-state index contributed by atoms with van der Waals surface area (Å²) in [6.45, 7) is 0.500. The van der Waals surface area contributed by atoms with Crippen LogP contribution in [-0.4, -0.2) is 62.5 Å². The van der Waals surface area contributed by atoms with Crippen LogP contribution in [0.4, 0.5) is 45.3 Å². The molecular formula is C41H36ClF9N8O5S. The third kappa shape index (κ3) is 8.47. The predicted octanol–water partition coefficient (Wildman–Crippen LogP) is 8.38. The van der Waals surface area contributed by atoms with Gasteiger partial charge in [-0.25, -0.2) is 31.0 Å². The molecule has 6 aromatic rings. The van der Waals surface area contributed by atoms with Crippen LogP contribution in [0.25, 0.3) is 27.5 Å². The minimum absolute atomic E-state index is 0.00490. The lowest BCUT2D eigenvalue weighted by atomic mass is 9.89. The normalized spacial score (nSPS) is 17.4.